The lowest BCUT2D eigenvalue weighted by Gasteiger charge is -2.28. The lowest BCUT2D eigenvalue weighted by Crippen LogP contribution is -3.12. The molecular weight excluding hydrogens is 366 g/mol. The second-order valence-electron chi connectivity index (χ2n) is 7.96. The number of phenolic OH excluding ortho intramolecular Hbond substituents is 1. The Balaban J connectivity index is 1.88. The molecule has 0 aliphatic carbocycles. The van der Waals surface area contributed by atoms with E-state index in [0.717, 1.165) is 24.2 Å². The highest BCUT2D eigenvalue weighted by molar-refractivity contribution is 6.10. The Morgan fingerprint density at radius 3 is 2.76 bits per heavy atom. The van der Waals surface area contributed by atoms with Crippen molar-refractivity contribution in [2.75, 3.05) is 19.7 Å². The highest BCUT2D eigenvalue weighted by Gasteiger charge is 2.29. The summed E-state index contributed by atoms with van der Waals surface area (Å²) in [4.78, 5) is 14.4. The molecule has 1 aliphatic heterocycles. The number of piperidine rings is 1. The van der Waals surface area contributed by atoms with Crippen LogP contribution in [0.5, 0.6) is 5.75 Å². The number of ether oxygens (including phenoxy) is 1. The van der Waals surface area contributed by atoms with E-state index in [-0.39, 0.29) is 12.4 Å². The number of rotatable bonds is 5. The number of furan rings is 1. The summed E-state index contributed by atoms with van der Waals surface area (Å²) < 4.78 is 11.5. The Bertz CT molecular complexity index is 1010. The van der Waals surface area contributed by atoms with Crippen LogP contribution in [0.1, 0.15) is 42.6 Å². The summed E-state index contributed by atoms with van der Waals surface area (Å²) in [6.45, 7) is 7.14. The Morgan fingerprint density at radius 2 is 2.03 bits per heavy atom. The molecule has 2 heterocycles. The molecule has 5 nitrogen and oxygen atoms in total. The molecule has 1 saturated heterocycles. The predicted molar refractivity (Wildman–Crippen MR) is 112 cm³/mol. The second-order valence-corrected chi connectivity index (χ2v) is 7.96. The first kappa shape index (κ1) is 19.5. The van der Waals surface area contributed by atoms with E-state index in [0.29, 0.717) is 34.8 Å². The number of hydrogen-bond donors (Lipinski definition) is 2. The van der Waals surface area contributed by atoms with E-state index in [4.69, 9.17) is 9.15 Å². The van der Waals surface area contributed by atoms with E-state index >= 15 is 0 Å². The molecule has 0 radical (unpaired) electrons. The van der Waals surface area contributed by atoms with Crippen molar-refractivity contribution in [3.8, 4) is 17.1 Å². The van der Waals surface area contributed by atoms with Crippen molar-refractivity contribution in [2.45, 2.75) is 33.2 Å². The molecule has 0 amide bonds. The Labute approximate surface area is 170 Å². The summed E-state index contributed by atoms with van der Waals surface area (Å²) in [7, 11) is 0. The molecule has 0 saturated carbocycles. The average Bonchev–Trinajstić information content (AvgIpc) is 3.11. The second kappa shape index (κ2) is 8.29. The molecule has 2 unspecified atom stereocenters. The van der Waals surface area contributed by atoms with Crippen molar-refractivity contribution in [2.24, 2.45) is 5.92 Å². The number of fused-ring (bicyclic) bond motifs is 1. The normalized spacial score (nSPS) is 19.4. The lowest BCUT2D eigenvalue weighted by atomic mass is 9.97. The molecule has 5 heteroatoms. The molecule has 29 heavy (non-hydrogen) atoms. The van der Waals surface area contributed by atoms with Crippen LogP contribution in [0, 0.1) is 5.92 Å². The van der Waals surface area contributed by atoms with Crippen molar-refractivity contribution in [3.05, 3.63) is 53.6 Å². The number of quaternary nitrogens is 1. The third-order valence-corrected chi connectivity index (χ3v) is 5.75. The van der Waals surface area contributed by atoms with Crippen molar-refractivity contribution in [1.82, 2.24) is 0 Å². The van der Waals surface area contributed by atoms with Gasteiger partial charge >= 0.3 is 5.97 Å². The largest absolute Gasteiger partial charge is 0.507 e. The molecule has 1 aromatic heterocycles. The molecule has 1 aliphatic rings. The van der Waals surface area contributed by atoms with Gasteiger partial charge in [-0.3, -0.25) is 0 Å². The minimum absolute atomic E-state index is 0.203. The lowest BCUT2D eigenvalue weighted by molar-refractivity contribution is -0.922. The molecule has 2 aromatic carbocycles. The van der Waals surface area contributed by atoms with E-state index in [1.54, 1.807) is 19.1 Å². The molecule has 3 aromatic rings. The monoisotopic (exact) mass is 394 g/mol. The zero-order chi connectivity index (χ0) is 20.4. The van der Waals surface area contributed by atoms with Crippen LogP contribution < -0.4 is 4.90 Å². The third kappa shape index (κ3) is 3.87. The molecule has 0 bridgehead atoms. The van der Waals surface area contributed by atoms with Gasteiger partial charge in [0.15, 0.2) is 0 Å². The molecule has 152 valence electrons. The topological polar surface area (TPSA) is 64.1 Å². The van der Waals surface area contributed by atoms with E-state index in [9.17, 15) is 9.90 Å². The molecule has 0 spiro atoms. The minimum atomic E-state index is -0.418. The standard InChI is InChI=1S/C24H27NO4/c1-3-28-24(27)22-21-18(15-25-13-7-8-16(2)14-25)19(26)11-12-20(21)29-23(22)17-9-5-4-6-10-17/h4-6,9-12,16,26H,3,7-8,13-15H2,1-2H3/p+1. The number of carbonyl (C=O) groups excluding carboxylic acids is 1. The summed E-state index contributed by atoms with van der Waals surface area (Å²) in [5, 5.41) is 11.4. The van der Waals surface area contributed by atoms with Crippen molar-refractivity contribution < 1.29 is 24.0 Å². The predicted octanol–water partition coefficient (Wildman–Crippen LogP) is 3.80. The Morgan fingerprint density at radius 1 is 1.24 bits per heavy atom. The summed E-state index contributed by atoms with van der Waals surface area (Å²) in [6, 6.07) is 13.0. The van der Waals surface area contributed by atoms with E-state index < -0.39 is 5.97 Å². The summed E-state index contributed by atoms with van der Waals surface area (Å²) in [5.74, 6) is 0.940. The quantitative estimate of drug-likeness (QED) is 0.646. The molecule has 2 atom stereocenters. The van der Waals surface area contributed by atoms with Gasteiger partial charge in [-0.05, 0) is 31.9 Å². The number of esters is 1. The fourth-order valence-corrected chi connectivity index (χ4v) is 4.43. The Kier molecular flexibility index (Phi) is 5.58. The van der Waals surface area contributed by atoms with Gasteiger partial charge in [0.05, 0.1) is 25.3 Å². The van der Waals surface area contributed by atoms with E-state index in [1.165, 1.54) is 17.7 Å². The van der Waals surface area contributed by atoms with Crippen LogP contribution in [-0.2, 0) is 11.3 Å². The van der Waals surface area contributed by atoms with Gasteiger partial charge in [0.25, 0.3) is 0 Å². The number of phenols is 1. The van der Waals surface area contributed by atoms with Crippen LogP contribution in [0.25, 0.3) is 22.3 Å². The van der Waals surface area contributed by atoms with Gasteiger partial charge in [-0.1, -0.05) is 37.3 Å². The fourth-order valence-electron chi connectivity index (χ4n) is 4.43. The SMILES string of the molecule is CCOC(=O)c1c(-c2ccccc2)oc2ccc(O)c(C[NH+]3CCCC(C)C3)c12. The van der Waals surface area contributed by atoms with Gasteiger partial charge < -0.3 is 19.2 Å². The number of aromatic hydroxyl groups is 1. The van der Waals surface area contributed by atoms with Crippen LogP contribution >= 0.6 is 0 Å². The highest BCUT2D eigenvalue weighted by atomic mass is 16.5. The van der Waals surface area contributed by atoms with Gasteiger partial charge in [0.1, 0.15) is 29.2 Å². The van der Waals surface area contributed by atoms with Gasteiger partial charge in [0, 0.05) is 16.9 Å². The summed E-state index contributed by atoms with van der Waals surface area (Å²) in [6.07, 6.45) is 2.43. The number of nitrogens with one attached hydrogen (secondary N) is 1. The maximum absolute atomic E-state index is 13.0. The smallest absolute Gasteiger partial charge is 0.342 e. The Hall–Kier alpha value is -2.79. The number of likely N-dealkylation sites (tertiary alicyclic amines) is 1. The molecule has 2 N–H and O–H groups in total. The minimum Gasteiger partial charge on any atom is -0.507 e. The first-order chi connectivity index (χ1) is 14.1. The number of benzene rings is 2. The van der Waals surface area contributed by atoms with Gasteiger partial charge in [0.2, 0.25) is 0 Å². The summed E-state index contributed by atoms with van der Waals surface area (Å²) >= 11 is 0. The average molecular weight is 394 g/mol. The van der Waals surface area contributed by atoms with Crippen LogP contribution in [0.15, 0.2) is 46.9 Å². The number of carbonyl (C=O) groups is 1. The van der Waals surface area contributed by atoms with Crippen LogP contribution in [0.4, 0.5) is 0 Å². The zero-order valence-corrected chi connectivity index (χ0v) is 17.0. The first-order valence-corrected chi connectivity index (χ1v) is 10.4. The zero-order valence-electron chi connectivity index (χ0n) is 17.0. The van der Waals surface area contributed by atoms with Gasteiger partial charge in [-0.25, -0.2) is 4.79 Å². The maximum Gasteiger partial charge on any atom is 0.342 e. The van der Waals surface area contributed by atoms with Crippen LogP contribution in [-0.4, -0.2) is 30.8 Å². The van der Waals surface area contributed by atoms with Gasteiger partial charge in [-0.2, -0.15) is 0 Å². The fraction of sp³-hybridized carbons (Fsp3) is 0.375. The third-order valence-electron chi connectivity index (χ3n) is 5.75. The molecule has 4 rings (SSSR count). The van der Waals surface area contributed by atoms with E-state index in [1.807, 2.05) is 30.3 Å². The summed E-state index contributed by atoms with van der Waals surface area (Å²) in [5.41, 5.74) is 2.59. The van der Waals surface area contributed by atoms with Crippen molar-refractivity contribution in [1.29, 1.82) is 0 Å². The first-order valence-electron chi connectivity index (χ1n) is 10.4. The van der Waals surface area contributed by atoms with Gasteiger partial charge in [-0.15, -0.1) is 0 Å². The number of hydrogen-bond acceptors (Lipinski definition) is 4. The highest BCUT2D eigenvalue weighted by Crippen LogP contribution is 2.38. The maximum atomic E-state index is 13.0. The van der Waals surface area contributed by atoms with Crippen molar-refractivity contribution in [3.63, 3.8) is 0 Å². The van der Waals surface area contributed by atoms with Crippen LogP contribution in [0.2, 0.25) is 0 Å². The molecular formula is C24H28NO4+. The van der Waals surface area contributed by atoms with E-state index in [2.05, 4.69) is 6.92 Å². The van der Waals surface area contributed by atoms with Crippen LogP contribution in [0.3, 0.4) is 0 Å². The molecule has 1 fully saturated rings. The van der Waals surface area contributed by atoms with Crippen molar-refractivity contribution >= 4 is 16.9 Å².